The smallest absolute Gasteiger partial charge is 0.251 e. The Bertz CT molecular complexity index is 972. The first-order valence-electron chi connectivity index (χ1n) is 10.5. The standard InChI is InChI=1S/C23H27ClN4O/c1-2-17-4-5-21(26-23(17)29)18-7-10-28(15-18)19-8-11-27(12-9-19)22-6-3-16(14-25)13-20(22)24/h3-6,13,18-19H,2,7-12,15H2,1H3,(H,26,29). The highest BCUT2D eigenvalue weighted by atomic mass is 35.5. The number of nitrogens with zero attached hydrogens (tertiary/aromatic N) is 3. The third-order valence-electron chi connectivity index (χ3n) is 6.45. The molecule has 1 atom stereocenters. The summed E-state index contributed by atoms with van der Waals surface area (Å²) in [7, 11) is 0. The van der Waals surface area contributed by atoms with Gasteiger partial charge in [0.25, 0.3) is 5.56 Å². The van der Waals surface area contributed by atoms with Gasteiger partial charge in [-0.3, -0.25) is 9.69 Å². The molecule has 3 heterocycles. The lowest BCUT2D eigenvalue weighted by Gasteiger charge is -2.38. The number of piperidine rings is 1. The lowest BCUT2D eigenvalue weighted by molar-refractivity contribution is 0.205. The molecule has 2 saturated heterocycles. The van der Waals surface area contributed by atoms with Crippen LogP contribution in [0.3, 0.4) is 0 Å². The van der Waals surface area contributed by atoms with E-state index in [0.717, 1.165) is 68.8 Å². The first-order chi connectivity index (χ1) is 14.1. The first-order valence-corrected chi connectivity index (χ1v) is 10.9. The second-order valence-electron chi connectivity index (χ2n) is 8.10. The molecule has 0 radical (unpaired) electrons. The van der Waals surface area contributed by atoms with E-state index < -0.39 is 0 Å². The van der Waals surface area contributed by atoms with Crippen LogP contribution in [0, 0.1) is 11.3 Å². The fraction of sp³-hybridized carbons (Fsp3) is 0.478. The number of hydrogen-bond acceptors (Lipinski definition) is 4. The number of H-pyrrole nitrogens is 1. The molecule has 0 spiro atoms. The SMILES string of the molecule is CCc1ccc(C2CCN(C3CCN(c4ccc(C#N)cc4Cl)CC3)C2)[nH]c1=O. The summed E-state index contributed by atoms with van der Waals surface area (Å²) >= 11 is 6.39. The molecule has 2 aliphatic rings. The van der Waals surface area contributed by atoms with Crippen molar-refractivity contribution in [2.75, 3.05) is 31.1 Å². The van der Waals surface area contributed by atoms with Gasteiger partial charge < -0.3 is 9.88 Å². The van der Waals surface area contributed by atoms with Crippen molar-refractivity contribution in [1.29, 1.82) is 5.26 Å². The summed E-state index contributed by atoms with van der Waals surface area (Å²) in [6.45, 7) is 6.06. The van der Waals surface area contributed by atoms with Crippen LogP contribution < -0.4 is 10.5 Å². The summed E-state index contributed by atoms with van der Waals surface area (Å²) < 4.78 is 0. The van der Waals surface area contributed by atoms with Gasteiger partial charge in [-0.2, -0.15) is 5.26 Å². The molecule has 1 unspecified atom stereocenters. The van der Waals surface area contributed by atoms with Crippen LogP contribution in [-0.4, -0.2) is 42.1 Å². The van der Waals surface area contributed by atoms with Crippen molar-refractivity contribution in [2.45, 2.75) is 44.6 Å². The summed E-state index contributed by atoms with van der Waals surface area (Å²) in [5, 5.41) is 9.67. The molecule has 2 aromatic rings. The number of nitrogens with one attached hydrogen (secondary N) is 1. The van der Waals surface area contributed by atoms with Gasteiger partial charge in [0.2, 0.25) is 0 Å². The predicted octanol–water partition coefficient (Wildman–Crippen LogP) is 3.92. The minimum atomic E-state index is 0.0658. The van der Waals surface area contributed by atoms with Crippen LogP contribution in [0.4, 0.5) is 5.69 Å². The zero-order valence-corrected chi connectivity index (χ0v) is 17.6. The van der Waals surface area contributed by atoms with Crippen molar-refractivity contribution in [1.82, 2.24) is 9.88 Å². The van der Waals surface area contributed by atoms with Crippen molar-refractivity contribution in [3.05, 3.63) is 62.5 Å². The Labute approximate surface area is 176 Å². The molecule has 5 nitrogen and oxygen atoms in total. The molecule has 1 aromatic carbocycles. The van der Waals surface area contributed by atoms with E-state index in [4.69, 9.17) is 16.9 Å². The second-order valence-corrected chi connectivity index (χ2v) is 8.51. The van der Waals surface area contributed by atoms with Gasteiger partial charge in [-0.15, -0.1) is 0 Å². The minimum absolute atomic E-state index is 0.0658. The number of halogens is 1. The molecule has 1 N–H and O–H groups in total. The minimum Gasteiger partial charge on any atom is -0.370 e. The largest absolute Gasteiger partial charge is 0.370 e. The summed E-state index contributed by atoms with van der Waals surface area (Å²) in [4.78, 5) is 20.2. The van der Waals surface area contributed by atoms with Crippen molar-refractivity contribution >= 4 is 17.3 Å². The average Bonchev–Trinajstić information content (AvgIpc) is 3.24. The molecule has 1 aromatic heterocycles. The van der Waals surface area contributed by atoms with E-state index in [-0.39, 0.29) is 5.56 Å². The maximum Gasteiger partial charge on any atom is 0.251 e. The normalized spacial score (nSPS) is 20.7. The van der Waals surface area contributed by atoms with Crippen molar-refractivity contribution in [3.8, 4) is 6.07 Å². The van der Waals surface area contributed by atoms with Crippen molar-refractivity contribution < 1.29 is 0 Å². The van der Waals surface area contributed by atoms with E-state index in [9.17, 15) is 4.79 Å². The molecule has 0 saturated carbocycles. The summed E-state index contributed by atoms with van der Waals surface area (Å²) in [5.74, 6) is 0.416. The van der Waals surface area contributed by atoms with Gasteiger partial charge in [0.05, 0.1) is 22.3 Å². The Hall–Kier alpha value is -2.29. The first kappa shape index (κ1) is 20.0. The molecular weight excluding hydrogens is 384 g/mol. The Balaban J connectivity index is 1.36. The molecule has 0 aliphatic carbocycles. The van der Waals surface area contributed by atoms with Gasteiger partial charge in [0.15, 0.2) is 0 Å². The topological polar surface area (TPSA) is 63.1 Å². The van der Waals surface area contributed by atoms with Gasteiger partial charge in [-0.05, 0) is 56.5 Å². The van der Waals surface area contributed by atoms with E-state index in [2.05, 4.69) is 26.9 Å². The van der Waals surface area contributed by atoms with Gasteiger partial charge in [0, 0.05) is 42.9 Å². The monoisotopic (exact) mass is 410 g/mol. The number of benzene rings is 1. The predicted molar refractivity (Wildman–Crippen MR) is 117 cm³/mol. The zero-order chi connectivity index (χ0) is 20.4. The molecular formula is C23H27ClN4O. The number of aromatic nitrogens is 1. The number of rotatable bonds is 4. The van der Waals surface area contributed by atoms with Crippen LogP contribution in [0.15, 0.2) is 35.1 Å². The van der Waals surface area contributed by atoms with Crippen molar-refractivity contribution in [2.24, 2.45) is 0 Å². The van der Waals surface area contributed by atoms with E-state index in [1.54, 1.807) is 6.07 Å². The number of pyridine rings is 1. The fourth-order valence-electron chi connectivity index (χ4n) is 4.71. The number of aromatic amines is 1. The lowest BCUT2D eigenvalue weighted by atomic mass is 10.0. The van der Waals surface area contributed by atoms with Crippen LogP contribution in [0.1, 0.15) is 48.9 Å². The highest BCUT2D eigenvalue weighted by Gasteiger charge is 2.32. The third kappa shape index (κ3) is 4.19. The molecule has 0 amide bonds. The number of anilines is 1. The Morgan fingerprint density at radius 2 is 1.97 bits per heavy atom. The molecule has 2 fully saturated rings. The highest BCUT2D eigenvalue weighted by molar-refractivity contribution is 6.33. The van der Waals surface area contributed by atoms with Crippen LogP contribution in [0.2, 0.25) is 5.02 Å². The fourth-order valence-corrected chi connectivity index (χ4v) is 5.01. The van der Waals surface area contributed by atoms with E-state index in [1.807, 2.05) is 25.1 Å². The van der Waals surface area contributed by atoms with Gasteiger partial charge in [-0.25, -0.2) is 0 Å². The lowest BCUT2D eigenvalue weighted by Crippen LogP contribution is -2.44. The van der Waals surface area contributed by atoms with E-state index in [0.29, 0.717) is 22.5 Å². The van der Waals surface area contributed by atoms with Crippen LogP contribution in [0.25, 0.3) is 0 Å². The van der Waals surface area contributed by atoms with Gasteiger partial charge in [0.1, 0.15) is 0 Å². The highest BCUT2D eigenvalue weighted by Crippen LogP contribution is 2.33. The van der Waals surface area contributed by atoms with Gasteiger partial charge in [-0.1, -0.05) is 24.6 Å². The molecule has 29 heavy (non-hydrogen) atoms. The second kappa shape index (κ2) is 8.61. The quantitative estimate of drug-likeness (QED) is 0.829. The van der Waals surface area contributed by atoms with Crippen LogP contribution >= 0.6 is 11.6 Å². The maximum atomic E-state index is 12.1. The molecule has 4 rings (SSSR count). The summed E-state index contributed by atoms with van der Waals surface area (Å²) in [5.41, 5.74) is 3.63. The number of hydrogen-bond donors (Lipinski definition) is 1. The third-order valence-corrected chi connectivity index (χ3v) is 6.76. The number of aryl methyl sites for hydroxylation is 1. The molecule has 0 bridgehead atoms. The number of likely N-dealkylation sites (tertiary alicyclic amines) is 1. The van der Waals surface area contributed by atoms with E-state index >= 15 is 0 Å². The van der Waals surface area contributed by atoms with Crippen LogP contribution in [-0.2, 0) is 6.42 Å². The molecule has 152 valence electrons. The Kier molecular flexibility index (Phi) is 5.94. The summed E-state index contributed by atoms with van der Waals surface area (Å²) in [6.07, 6.45) is 4.08. The van der Waals surface area contributed by atoms with Crippen LogP contribution in [0.5, 0.6) is 0 Å². The Morgan fingerprint density at radius 1 is 1.17 bits per heavy atom. The zero-order valence-electron chi connectivity index (χ0n) is 16.8. The molecule has 6 heteroatoms. The average molecular weight is 411 g/mol. The molecule has 2 aliphatic heterocycles. The van der Waals surface area contributed by atoms with Crippen molar-refractivity contribution in [3.63, 3.8) is 0 Å². The number of nitriles is 1. The van der Waals surface area contributed by atoms with E-state index in [1.165, 1.54) is 0 Å². The Morgan fingerprint density at radius 3 is 2.62 bits per heavy atom. The summed E-state index contributed by atoms with van der Waals surface area (Å²) in [6, 6.07) is 12.3. The van der Waals surface area contributed by atoms with Gasteiger partial charge >= 0.3 is 0 Å². The maximum absolute atomic E-state index is 12.1.